The van der Waals surface area contributed by atoms with E-state index in [-0.39, 0.29) is 22.5 Å². The van der Waals surface area contributed by atoms with E-state index in [0.717, 1.165) is 0 Å². The van der Waals surface area contributed by atoms with Gasteiger partial charge < -0.3 is 4.74 Å². The monoisotopic (exact) mass is 640 g/mol. The Morgan fingerprint density at radius 2 is 1.02 bits per heavy atom. The molecule has 0 N–H and O–H groups in total. The lowest BCUT2D eigenvalue weighted by atomic mass is 10.3. The van der Waals surface area contributed by atoms with E-state index < -0.39 is 60.6 Å². The van der Waals surface area contributed by atoms with Crippen LogP contribution in [0.1, 0.15) is 13.3 Å². The van der Waals surface area contributed by atoms with Crippen molar-refractivity contribution in [3.8, 4) is 0 Å². The Balaban J connectivity index is 2.53. The summed E-state index contributed by atoms with van der Waals surface area (Å²) in [5.41, 5.74) is -15.0. The topological polar surface area (TPSA) is 94.6 Å². The first-order chi connectivity index (χ1) is 19.0. The third kappa shape index (κ3) is 6.14. The number of carbonyl (C=O) groups is 1. The Morgan fingerprint density at radius 3 is 1.29 bits per heavy atom. The minimum Gasteiger partial charge on any atom is -0.463 e. The lowest BCUT2D eigenvalue weighted by Gasteiger charge is -2.39. The van der Waals surface area contributed by atoms with E-state index in [4.69, 9.17) is 4.74 Å². The van der Waals surface area contributed by atoms with E-state index in [1.165, 1.54) is 79.7 Å². The average Bonchev–Trinajstić information content (AvgIpc) is 2.91. The third-order valence-corrected chi connectivity index (χ3v) is 14.8. The molecule has 0 radical (unpaired) electrons. The maximum atomic E-state index is 13.7. The molecule has 0 bridgehead atoms. The quantitative estimate of drug-likeness (QED) is 0.139. The lowest BCUT2D eigenvalue weighted by Crippen LogP contribution is -2.47. The largest absolute Gasteiger partial charge is 0.469 e. The van der Waals surface area contributed by atoms with Crippen LogP contribution in [0.4, 0.5) is 26.3 Å². The Morgan fingerprint density at radius 1 is 0.707 bits per heavy atom. The molecular weight excluding hydrogens is 617 g/mol. The van der Waals surface area contributed by atoms with Gasteiger partial charge in [0.25, 0.3) is 0 Å². The number of alkyl halides is 6. The van der Waals surface area contributed by atoms with Crippen molar-refractivity contribution < 1.29 is 52.7 Å². The molecule has 15 heteroatoms. The summed E-state index contributed by atoms with van der Waals surface area (Å²) in [5, 5.41) is 0.760. The Labute approximate surface area is 233 Å². The van der Waals surface area contributed by atoms with Crippen molar-refractivity contribution in [1.82, 2.24) is 0 Å². The predicted octanol–water partition coefficient (Wildman–Crippen LogP) is 4.66. The summed E-state index contributed by atoms with van der Waals surface area (Å²) in [4.78, 5) is 13.6. The van der Waals surface area contributed by atoms with E-state index in [1.807, 2.05) is 0 Å². The molecule has 0 amide bonds. The molecule has 0 spiro atoms. The minimum atomic E-state index is -7.11. The van der Waals surface area contributed by atoms with Crippen molar-refractivity contribution >= 4 is 48.8 Å². The summed E-state index contributed by atoms with van der Waals surface area (Å²) in [6.45, 7) is 0.938. The molecule has 6 nitrogen and oxygen atoms in total. The highest BCUT2D eigenvalue weighted by Gasteiger charge is 2.60. The molecule has 0 saturated heterocycles. The molecule has 0 aliphatic rings. The maximum absolute atomic E-state index is 13.7. The minimum absolute atomic E-state index is 0.253. The number of hydrogen-bond donors (Lipinski definition) is 0. The van der Waals surface area contributed by atoms with Crippen LogP contribution in [0.3, 0.4) is 0 Å². The van der Waals surface area contributed by atoms with Crippen molar-refractivity contribution in [2.45, 2.75) is 30.0 Å². The predicted molar refractivity (Wildman–Crippen MR) is 143 cm³/mol. The average molecular weight is 641 g/mol. The van der Waals surface area contributed by atoms with Crippen LogP contribution in [-0.4, -0.2) is 46.1 Å². The van der Waals surface area contributed by atoms with Crippen LogP contribution >= 0.6 is 7.26 Å². The number of hydrogen-bond acceptors (Lipinski definition) is 6. The number of ether oxygens (including phenoxy) is 1. The smallest absolute Gasteiger partial charge is 0.463 e. The summed E-state index contributed by atoms with van der Waals surface area (Å²) < 4.78 is 135. The molecule has 0 fully saturated rings. The van der Waals surface area contributed by atoms with E-state index in [0.29, 0.717) is 0 Å². The number of carbonyl (C=O) groups excluding carboxylic acids is 1. The van der Waals surface area contributed by atoms with Gasteiger partial charge in [0.15, 0.2) is 5.66 Å². The van der Waals surface area contributed by atoms with E-state index in [9.17, 15) is 48.0 Å². The van der Waals surface area contributed by atoms with E-state index in [2.05, 4.69) is 0 Å². The Hall–Kier alpha value is -2.96. The number of benzene rings is 3. The van der Waals surface area contributed by atoms with Crippen molar-refractivity contribution in [1.29, 1.82) is 0 Å². The number of rotatable bonds is 10. The zero-order valence-corrected chi connectivity index (χ0v) is 23.7. The molecular formula is C26H23F6O6PS2. The van der Waals surface area contributed by atoms with Gasteiger partial charge in [-0.05, 0) is 43.3 Å². The van der Waals surface area contributed by atoms with Gasteiger partial charge in [0.1, 0.15) is 42.9 Å². The lowest BCUT2D eigenvalue weighted by molar-refractivity contribution is -0.142. The second-order valence-corrected chi connectivity index (χ2v) is 16.3. The van der Waals surface area contributed by atoms with Crippen LogP contribution in [0, 0.1) is 4.58 Å². The summed E-state index contributed by atoms with van der Waals surface area (Å²) >= 11 is 0. The first-order valence-corrected chi connectivity index (χ1v) is 16.6. The van der Waals surface area contributed by atoms with Gasteiger partial charge >= 0.3 is 17.0 Å². The fourth-order valence-electron chi connectivity index (χ4n) is 4.37. The van der Waals surface area contributed by atoms with Gasteiger partial charge in [-0.25, -0.2) is 4.79 Å². The third-order valence-electron chi connectivity index (χ3n) is 6.09. The zero-order valence-electron chi connectivity index (χ0n) is 21.1. The van der Waals surface area contributed by atoms with Crippen LogP contribution in [0.15, 0.2) is 91.0 Å². The Kier molecular flexibility index (Phi) is 9.61. The molecule has 1 atom stereocenters. The van der Waals surface area contributed by atoms with Gasteiger partial charge in [0.2, 0.25) is 0 Å². The molecule has 1 unspecified atom stereocenters. The van der Waals surface area contributed by atoms with E-state index >= 15 is 0 Å². The molecule has 0 heterocycles. The zero-order chi connectivity index (χ0) is 30.7. The van der Waals surface area contributed by atoms with Crippen LogP contribution < -0.4 is 15.9 Å². The van der Waals surface area contributed by atoms with E-state index in [1.54, 1.807) is 18.2 Å². The Bertz CT molecular complexity index is 1410. The summed E-state index contributed by atoms with van der Waals surface area (Å²) in [6, 6.07) is 22.7. The maximum Gasteiger partial charge on any atom is 0.469 e. The summed E-state index contributed by atoms with van der Waals surface area (Å²) in [7, 11) is -18.0. The van der Waals surface area contributed by atoms with Crippen LogP contribution in [0.25, 0.3) is 0 Å². The van der Waals surface area contributed by atoms with Crippen molar-refractivity contribution in [3.63, 3.8) is 0 Å². The first-order valence-electron chi connectivity index (χ1n) is 11.7. The van der Waals surface area contributed by atoms with Crippen molar-refractivity contribution in [2.75, 3.05) is 6.61 Å². The number of esters is 1. The first kappa shape index (κ1) is 32.6. The molecule has 0 aromatic heterocycles. The molecule has 3 aromatic rings. The SMILES string of the molecule is CCOC(=O)C(C[C-](S(=O)(=O)C(F)(F)F)S(=O)(=O)C(F)(F)F)[P+](c1ccccc1)(c1ccccc1)c1ccccc1. The van der Waals surface area contributed by atoms with Gasteiger partial charge in [-0.3, -0.25) is 16.8 Å². The molecule has 222 valence electrons. The molecule has 0 aliphatic heterocycles. The highest BCUT2D eigenvalue weighted by molar-refractivity contribution is 8.13. The normalized spacial score (nSPS) is 14.0. The highest BCUT2D eigenvalue weighted by Crippen LogP contribution is 2.63. The molecule has 0 aliphatic carbocycles. The second-order valence-electron chi connectivity index (χ2n) is 8.47. The molecule has 3 aromatic carbocycles. The van der Waals surface area contributed by atoms with Crippen LogP contribution in [0.2, 0.25) is 0 Å². The van der Waals surface area contributed by atoms with Gasteiger partial charge in [-0.15, -0.1) is 0 Å². The van der Waals surface area contributed by atoms with Crippen molar-refractivity contribution in [2.24, 2.45) is 0 Å². The molecule has 3 rings (SSSR count). The number of sulfone groups is 2. The highest BCUT2D eigenvalue weighted by atomic mass is 32.3. The van der Waals surface area contributed by atoms with Crippen LogP contribution in [0.5, 0.6) is 0 Å². The number of halogens is 6. The fourth-order valence-corrected chi connectivity index (χ4v) is 12.4. The molecule has 0 saturated carbocycles. The van der Waals surface area contributed by atoms with Gasteiger partial charge in [0, 0.05) is 0 Å². The standard InChI is InChI=1S/C26H23F6O6PS2/c1-2-38-24(33)22(18-23(40(34,35)25(27,28)29)41(36,37)26(30,31)32)39(19-12-6-3-7-13-19,20-14-8-4-9-15-20)21-16-10-5-11-17-21/h3-17,22H,2,18H2,1H3. The fraction of sp³-hybridized carbons (Fsp3) is 0.231. The molecule has 41 heavy (non-hydrogen) atoms. The van der Waals surface area contributed by atoms with Crippen LogP contribution in [-0.2, 0) is 29.2 Å². The summed E-state index contributed by atoms with van der Waals surface area (Å²) in [5.74, 6) is -1.37. The van der Waals surface area contributed by atoms with Gasteiger partial charge in [-0.2, -0.15) is 26.3 Å². The second kappa shape index (κ2) is 12.1. The summed E-state index contributed by atoms with van der Waals surface area (Å²) in [6.07, 6.45) is -1.96. The van der Waals surface area contributed by atoms with Gasteiger partial charge in [-0.1, -0.05) is 65.6 Å². The van der Waals surface area contributed by atoms with Gasteiger partial charge in [0.05, 0.1) is 6.61 Å². The van der Waals surface area contributed by atoms with Crippen molar-refractivity contribution in [3.05, 3.63) is 95.6 Å².